The summed E-state index contributed by atoms with van der Waals surface area (Å²) in [5, 5.41) is 22.1. The van der Waals surface area contributed by atoms with Crippen LogP contribution in [-0.4, -0.2) is 70.9 Å². The van der Waals surface area contributed by atoms with Crippen LogP contribution in [0.15, 0.2) is 54.1 Å². The third-order valence-electron chi connectivity index (χ3n) is 6.05. The summed E-state index contributed by atoms with van der Waals surface area (Å²) in [5.41, 5.74) is 1.83. The van der Waals surface area contributed by atoms with E-state index in [4.69, 9.17) is 4.74 Å². The number of nitrogens with zero attached hydrogens (tertiary/aromatic N) is 3. The fourth-order valence-corrected chi connectivity index (χ4v) is 4.18. The number of hydrogen-bond donors (Lipinski definition) is 1. The van der Waals surface area contributed by atoms with E-state index in [1.54, 1.807) is 12.1 Å². The molecular weight excluding hydrogens is 426 g/mol. The molecule has 9 heteroatoms. The lowest BCUT2D eigenvalue weighted by Crippen LogP contribution is -2.42. The normalized spacial score (nSPS) is 20.9. The minimum Gasteiger partial charge on any atom is -0.507 e. The Bertz CT molecular complexity index is 1090. The first kappa shape index (κ1) is 22.6. The van der Waals surface area contributed by atoms with Gasteiger partial charge in [-0.25, -0.2) is 0 Å². The molecule has 2 saturated heterocycles. The van der Waals surface area contributed by atoms with Crippen LogP contribution in [0.4, 0.5) is 5.69 Å². The van der Waals surface area contributed by atoms with E-state index in [0.717, 1.165) is 18.7 Å². The highest BCUT2D eigenvalue weighted by Gasteiger charge is 2.46. The fourth-order valence-electron chi connectivity index (χ4n) is 4.18. The maximum absolute atomic E-state index is 13.1. The Balaban J connectivity index is 1.74. The maximum atomic E-state index is 13.1. The Morgan fingerprint density at radius 3 is 2.30 bits per heavy atom. The van der Waals surface area contributed by atoms with Crippen molar-refractivity contribution in [3.8, 4) is 0 Å². The van der Waals surface area contributed by atoms with Crippen LogP contribution >= 0.6 is 0 Å². The number of Topliss-reactive ketones (excluding diaryl/α,β-unsaturated/α-hetero) is 1. The topological polar surface area (TPSA) is 113 Å². The van der Waals surface area contributed by atoms with Crippen LogP contribution in [0.1, 0.15) is 22.7 Å². The third kappa shape index (κ3) is 4.64. The van der Waals surface area contributed by atoms with Crippen molar-refractivity contribution in [2.45, 2.75) is 13.0 Å². The Hall–Kier alpha value is -3.56. The van der Waals surface area contributed by atoms with Crippen LogP contribution in [0, 0.1) is 17.0 Å². The van der Waals surface area contributed by atoms with E-state index in [1.807, 2.05) is 19.1 Å². The van der Waals surface area contributed by atoms with Gasteiger partial charge in [-0.3, -0.25) is 24.6 Å². The molecular formula is C24H25N3O6. The van der Waals surface area contributed by atoms with Crippen molar-refractivity contribution >= 4 is 23.1 Å². The van der Waals surface area contributed by atoms with Gasteiger partial charge in [-0.1, -0.05) is 29.8 Å². The number of rotatable bonds is 6. The average molecular weight is 451 g/mol. The first-order valence-corrected chi connectivity index (χ1v) is 10.8. The molecule has 2 aliphatic heterocycles. The van der Waals surface area contributed by atoms with Gasteiger partial charge >= 0.3 is 0 Å². The SMILES string of the molecule is Cc1ccc(C(O)=C2C(=O)C(=O)N(CCN3CCOCC3)[C@H]2c2ccc([N+](=O)[O-])cc2)cc1. The number of aliphatic hydroxyl groups excluding tert-OH is 1. The Morgan fingerprint density at radius 2 is 1.70 bits per heavy atom. The van der Waals surface area contributed by atoms with Crippen molar-refractivity contribution in [3.05, 3.63) is 80.9 Å². The Morgan fingerprint density at radius 1 is 1.06 bits per heavy atom. The van der Waals surface area contributed by atoms with Crippen LogP contribution < -0.4 is 0 Å². The summed E-state index contributed by atoms with van der Waals surface area (Å²) in [6, 6.07) is 11.9. The number of aliphatic hydroxyl groups is 1. The molecule has 0 saturated carbocycles. The van der Waals surface area contributed by atoms with Gasteiger partial charge in [0.1, 0.15) is 5.76 Å². The average Bonchev–Trinajstić information content (AvgIpc) is 3.08. The number of ketones is 1. The molecule has 2 aromatic carbocycles. The highest BCUT2D eigenvalue weighted by Crippen LogP contribution is 2.39. The molecule has 2 heterocycles. The number of hydrogen-bond acceptors (Lipinski definition) is 7. The van der Waals surface area contributed by atoms with Crippen LogP contribution in [0.2, 0.25) is 0 Å². The van der Waals surface area contributed by atoms with E-state index in [1.165, 1.54) is 29.2 Å². The van der Waals surface area contributed by atoms with E-state index in [2.05, 4.69) is 4.90 Å². The predicted molar refractivity (Wildman–Crippen MR) is 121 cm³/mol. The summed E-state index contributed by atoms with van der Waals surface area (Å²) < 4.78 is 5.36. The van der Waals surface area contributed by atoms with Crippen molar-refractivity contribution in [1.82, 2.24) is 9.80 Å². The quantitative estimate of drug-likeness (QED) is 0.236. The standard InChI is InChI=1S/C24H25N3O6/c1-16-2-4-18(5-3-16)22(28)20-21(17-6-8-19(9-7-17)27(31)32)26(24(30)23(20)29)11-10-25-12-14-33-15-13-25/h2-9,21,28H,10-15H2,1H3/t21-/m0/s1. The summed E-state index contributed by atoms with van der Waals surface area (Å²) in [5.74, 6) is -1.72. The smallest absolute Gasteiger partial charge is 0.295 e. The summed E-state index contributed by atoms with van der Waals surface area (Å²) in [7, 11) is 0. The van der Waals surface area contributed by atoms with Crippen molar-refractivity contribution in [3.63, 3.8) is 0 Å². The van der Waals surface area contributed by atoms with Crippen LogP contribution in [0.25, 0.3) is 5.76 Å². The monoisotopic (exact) mass is 451 g/mol. The molecule has 0 unspecified atom stereocenters. The number of carbonyl (C=O) groups excluding carboxylic acids is 2. The molecule has 33 heavy (non-hydrogen) atoms. The molecule has 9 nitrogen and oxygen atoms in total. The first-order chi connectivity index (χ1) is 15.9. The van der Waals surface area contributed by atoms with Gasteiger partial charge in [0.15, 0.2) is 0 Å². The number of morpholine rings is 1. The molecule has 1 atom stereocenters. The molecule has 2 aliphatic rings. The molecule has 1 amide bonds. The zero-order valence-corrected chi connectivity index (χ0v) is 18.3. The molecule has 0 bridgehead atoms. The number of likely N-dealkylation sites (tertiary alicyclic amines) is 1. The lowest BCUT2D eigenvalue weighted by atomic mass is 9.95. The molecule has 0 spiro atoms. The number of benzene rings is 2. The highest BCUT2D eigenvalue weighted by molar-refractivity contribution is 6.46. The number of non-ortho nitro benzene ring substituents is 1. The van der Waals surface area contributed by atoms with Gasteiger partial charge in [-0.05, 0) is 24.6 Å². The second-order valence-corrected chi connectivity index (χ2v) is 8.16. The second-order valence-electron chi connectivity index (χ2n) is 8.16. The number of aryl methyl sites for hydroxylation is 1. The van der Waals surface area contributed by atoms with Gasteiger partial charge in [0.2, 0.25) is 0 Å². The van der Waals surface area contributed by atoms with Crippen molar-refractivity contribution in [2.24, 2.45) is 0 Å². The van der Waals surface area contributed by atoms with Gasteiger partial charge in [0.25, 0.3) is 17.4 Å². The lowest BCUT2D eigenvalue weighted by Gasteiger charge is -2.31. The van der Waals surface area contributed by atoms with E-state index in [0.29, 0.717) is 30.9 Å². The minimum atomic E-state index is -0.840. The molecule has 0 aromatic heterocycles. The van der Waals surface area contributed by atoms with Gasteiger partial charge < -0.3 is 14.7 Å². The van der Waals surface area contributed by atoms with Gasteiger partial charge in [0.05, 0.1) is 29.8 Å². The summed E-state index contributed by atoms with van der Waals surface area (Å²) in [6.45, 7) is 5.41. The van der Waals surface area contributed by atoms with Crippen LogP contribution in [-0.2, 0) is 14.3 Å². The molecule has 172 valence electrons. The minimum absolute atomic E-state index is 0.0142. The summed E-state index contributed by atoms with van der Waals surface area (Å²) >= 11 is 0. The Kier molecular flexibility index (Phi) is 6.52. The molecule has 2 fully saturated rings. The van der Waals surface area contributed by atoms with E-state index >= 15 is 0 Å². The fraction of sp³-hybridized carbons (Fsp3) is 0.333. The molecule has 2 aromatic rings. The molecule has 1 N–H and O–H groups in total. The number of carbonyl (C=O) groups is 2. The van der Waals surface area contributed by atoms with E-state index in [9.17, 15) is 24.8 Å². The predicted octanol–water partition coefficient (Wildman–Crippen LogP) is 2.66. The van der Waals surface area contributed by atoms with Gasteiger partial charge in [-0.15, -0.1) is 0 Å². The lowest BCUT2D eigenvalue weighted by molar-refractivity contribution is -0.384. The van der Waals surface area contributed by atoms with E-state index < -0.39 is 22.7 Å². The van der Waals surface area contributed by atoms with Crippen molar-refractivity contribution in [1.29, 1.82) is 0 Å². The van der Waals surface area contributed by atoms with Crippen molar-refractivity contribution < 1.29 is 24.4 Å². The maximum Gasteiger partial charge on any atom is 0.295 e. The summed E-state index contributed by atoms with van der Waals surface area (Å²) in [4.78, 5) is 40.2. The number of nitro groups is 1. The van der Waals surface area contributed by atoms with Gasteiger partial charge in [-0.2, -0.15) is 0 Å². The zero-order valence-electron chi connectivity index (χ0n) is 18.3. The zero-order chi connectivity index (χ0) is 23.5. The molecule has 0 radical (unpaired) electrons. The molecule has 4 rings (SSSR count). The van der Waals surface area contributed by atoms with Crippen molar-refractivity contribution in [2.75, 3.05) is 39.4 Å². The number of nitro benzene ring substituents is 1. The summed E-state index contributed by atoms with van der Waals surface area (Å²) in [6.07, 6.45) is 0. The third-order valence-corrected chi connectivity index (χ3v) is 6.05. The second kappa shape index (κ2) is 9.51. The largest absolute Gasteiger partial charge is 0.507 e. The van der Waals surface area contributed by atoms with Crippen LogP contribution in [0.5, 0.6) is 0 Å². The number of ether oxygens (including phenoxy) is 1. The van der Waals surface area contributed by atoms with Gasteiger partial charge in [0, 0.05) is 43.9 Å². The molecule has 0 aliphatic carbocycles. The number of amides is 1. The highest BCUT2D eigenvalue weighted by atomic mass is 16.6. The van der Waals surface area contributed by atoms with Crippen LogP contribution in [0.3, 0.4) is 0 Å². The first-order valence-electron chi connectivity index (χ1n) is 10.8. The van der Waals surface area contributed by atoms with E-state index in [-0.39, 0.29) is 23.6 Å². The Labute approximate surface area is 191 Å².